The molecule has 2 heterocycles. The van der Waals surface area contributed by atoms with Crippen molar-refractivity contribution in [1.29, 1.82) is 5.26 Å². The molecule has 0 saturated carbocycles. The van der Waals surface area contributed by atoms with Gasteiger partial charge in [0.25, 0.3) is 0 Å². The molecule has 1 aromatic rings. The number of rotatable bonds is 1. The molecule has 1 fully saturated rings. The number of nitriles is 1. The van der Waals surface area contributed by atoms with E-state index in [0.717, 1.165) is 18.8 Å². The fourth-order valence-corrected chi connectivity index (χ4v) is 1.94. The third-order valence-electron chi connectivity index (χ3n) is 3.08. The van der Waals surface area contributed by atoms with Crippen molar-refractivity contribution < 1.29 is 5.11 Å². The highest BCUT2D eigenvalue weighted by molar-refractivity contribution is 5.36. The van der Waals surface area contributed by atoms with Crippen molar-refractivity contribution in [2.75, 3.05) is 18.0 Å². The first-order valence-electron chi connectivity index (χ1n) is 5.73. The van der Waals surface area contributed by atoms with Gasteiger partial charge < -0.3 is 10.0 Å². The van der Waals surface area contributed by atoms with Crippen LogP contribution in [0.15, 0.2) is 6.07 Å². The van der Waals surface area contributed by atoms with E-state index < -0.39 is 5.60 Å². The zero-order valence-electron chi connectivity index (χ0n) is 10.1. The number of anilines is 1. The molecule has 1 aliphatic rings. The smallest absolute Gasteiger partial charge is 0.226 e. The third kappa shape index (κ3) is 2.71. The number of hydrogen-bond donors (Lipinski definition) is 1. The number of piperidine rings is 1. The van der Waals surface area contributed by atoms with Gasteiger partial charge in [-0.15, -0.1) is 0 Å². The molecule has 0 bridgehead atoms. The van der Waals surface area contributed by atoms with Crippen molar-refractivity contribution in [3.8, 4) is 6.07 Å². The molecular formula is C12H16N4O. The molecule has 0 aromatic carbocycles. The Morgan fingerprint density at radius 3 is 2.65 bits per heavy atom. The summed E-state index contributed by atoms with van der Waals surface area (Å²) >= 11 is 0. The molecule has 1 aromatic heterocycles. The van der Waals surface area contributed by atoms with Gasteiger partial charge in [0.05, 0.1) is 5.60 Å². The molecular weight excluding hydrogens is 216 g/mol. The van der Waals surface area contributed by atoms with Gasteiger partial charge >= 0.3 is 0 Å². The van der Waals surface area contributed by atoms with E-state index >= 15 is 0 Å². The molecule has 0 spiro atoms. The Morgan fingerprint density at radius 2 is 2.06 bits per heavy atom. The average molecular weight is 232 g/mol. The topological polar surface area (TPSA) is 73.0 Å². The van der Waals surface area contributed by atoms with E-state index in [1.165, 1.54) is 0 Å². The lowest BCUT2D eigenvalue weighted by molar-refractivity contribution is 0.0349. The minimum absolute atomic E-state index is 0.393. The quantitative estimate of drug-likeness (QED) is 0.782. The molecule has 1 saturated heterocycles. The van der Waals surface area contributed by atoms with Crippen LogP contribution in [0.2, 0.25) is 0 Å². The summed E-state index contributed by atoms with van der Waals surface area (Å²) in [5.74, 6) is 0.594. The number of aromatic nitrogens is 2. The summed E-state index contributed by atoms with van der Waals surface area (Å²) in [4.78, 5) is 10.6. The summed E-state index contributed by atoms with van der Waals surface area (Å²) in [6.45, 7) is 5.15. The fourth-order valence-electron chi connectivity index (χ4n) is 1.94. The lowest BCUT2D eigenvalue weighted by Gasteiger charge is -2.35. The van der Waals surface area contributed by atoms with Crippen LogP contribution in [-0.2, 0) is 0 Å². The molecule has 2 rings (SSSR count). The van der Waals surface area contributed by atoms with E-state index in [1.54, 1.807) is 6.07 Å². The second-order valence-corrected chi connectivity index (χ2v) is 4.79. The van der Waals surface area contributed by atoms with Crippen molar-refractivity contribution in [3.63, 3.8) is 0 Å². The maximum atomic E-state index is 9.87. The Hall–Kier alpha value is -1.67. The van der Waals surface area contributed by atoms with Crippen LogP contribution in [-0.4, -0.2) is 33.8 Å². The maximum Gasteiger partial charge on any atom is 0.226 e. The van der Waals surface area contributed by atoms with Crippen LogP contribution >= 0.6 is 0 Å². The van der Waals surface area contributed by atoms with E-state index in [1.807, 2.05) is 24.8 Å². The molecule has 0 atom stereocenters. The zero-order chi connectivity index (χ0) is 12.5. The van der Waals surface area contributed by atoms with Gasteiger partial charge in [0.1, 0.15) is 11.8 Å². The Labute approximate surface area is 101 Å². The largest absolute Gasteiger partial charge is 0.390 e. The first kappa shape index (κ1) is 11.8. The van der Waals surface area contributed by atoms with Gasteiger partial charge in [0.15, 0.2) is 0 Å². The molecule has 5 nitrogen and oxygen atoms in total. The summed E-state index contributed by atoms with van der Waals surface area (Å²) in [7, 11) is 0. The second kappa shape index (κ2) is 4.30. The Balaban J connectivity index is 2.19. The third-order valence-corrected chi connectivity index (χ3v) is 3.08. The van der Waals surface area contributed by atoms with Gasteiger partial charge in [-0.25, -0.2) is 9.97 Å². The Bertz CT molecular complexity index is 454. The molecule has 0 radical (unpaired) electrons. The van der Waals surface area contributed by atoms with Crippen molar-refractivity contribution in [1.82, 2.24) is 9.97 Å². The van der Waals surface area contributed by atoms with Crippen LogP contribution in [0.3, 0.4) is 0 Å². The maximum absolute atomic E-state index is 9.87. The van der Waals surface area contributed by atoms with E-state index in [-0.39, 0.29) is 0 Å². The van der Waals surface area contributed by atoms with E-state index in [0.29, 0.717) is 24.5 Å². The van der Waals surface area contributed by atoms with E-state index in [2.05, 4.69) is 9.97 Å². The predicted molar refractivity (Wildman–Crippen MR) is 63.6 cm³/mol. The number of nitrogens with zero attached hydrogens (tertiary/aromatic N) is 4. The molecule has 0 unspecified atom stereocenters. The predicted octanol–water partition coefficient (Wildman–Crippen LogP) is 1.01. The fraction of sp³-hybridized carbons (Fsp3) is 0.583. The standard InChI is InChI=1S/C12H16N4O/c1-9-7-10(8-13)15-11(14-9)16-5-3-12(2,17)4-6-16/h7,17H,3-6H2,1-2H3. The molecule has 90 valence electrons. The normalized spacial score (nSPS) is 18.8. The molecule has 1 N–H and O–H groups in total. The van der Waals surface area contributed by atoms with Gasteiger partial charge in [-0.1, -0.05) is 0 Å². The molecule has 1 aliphatic heterocycles. The number of aryl methyl sites for hydroxylation is 1. The van der Waals surface area contributed by atoms with Gasteiger partial charge in [-0.2, -0.15) is 5.26 Å². The number of hydrogen-bond acceptors (Lipinski definition) is 5. The zero-order valence-corrected chi connectivity index (χ0v) is 10.1. The van der Waals surface area contributed by atoms with Gasteiger partial charge in [0, 0.05) is 18.8 Å². The van der Waals surface area contributed by atoms with E-state index in [4.69, 9.17) is 5.26 Å². The van der Waals surface area contributed by atoms with Crippen LogP contribution in [0.4, 0.5) is 5.95 Å². The number of aliphatic hydroxyl groups is 1. The van der Waals surface area contributed by atoms with Gasteiger partial charge in [-0.05, 0) is 32.8 Å². The first-order valence-corrected chi connectivity index (χ1v) is 5.73. The first-order chi connectivity index (χ1) is 8.00. The SMILES string of the molecule is Cc1cc(C#N)nc(N2CCC(C)(O)CC2)n1. The molecule has 0 aliphatic carbocycles. The van der Waals surface area contributed by atoms with Crippen LogP contribution in [0.5, 0.6) is 0 Å². The molecule has 5 heteroatoms. The summed E-state index contributed by atoms with van der Waals surface area (Å²) in [6, 6.07) is 3.71. The summed E-state index contributed by atoms with van der Waals surface area (Å²) in [5, 5.41) is 18.7. The van der Waals surface area contributed by atoms with Gasteiger partial charge in [0.2, 0.25) is 5.95 Å². The average Bonchev–Trinajstić information content (AvgIpc) is 2.28. The van der Waals surface area contributed by atoms with Crippen LogP contribution in [0.25, 0.3) is 0 Å². The monoisotopic (exact) mass is 232 g/mol. The van der Waals surface area contributed by atoms with Gasteiger partial charge in [-0.3, -0.25) is 0 Å². The highest BCUT2D eigenvalue weighted by atomic mass is 16.3. The van der Waals surface area contributed by atoms with Crippen molar-refractivity contribution in [2.24, 2.45) is 0 Å². The van der Waals surface area contributed by atoms with Crippen molar-refractivity contribution in [2.45, 2.75) is 32.3 Å². The summed E-state index contributed by atoms with van der Waals surface area (Å²) in [6.07, 6.45) is 1.40. The minimum atomic E-state index is -0.585. The van der Waals surface area contributed by atoms with Crippen LogP contribution < -0.4 is 4.90 Å². The van der Waals surface area contributed by atoms with Crippen molar-refractivity contribution >= 4 is 5.95 Å². The van der Waals surface area contributed by atoms with Crippen molar-refractivity contribution in [3.05, 3.63) is 17.5 Å². The summed E-state index contributed by atoms with van der Waals surface area (Å²) in [5.41, 5.74) is 0.604. The van der Waals surface area contributed by atoms with Crippen LogP contribution in [0, 0.1) is 18.3 Å². The molecule has 0 amide bonds. The summed E-state index contributed by atoms with van der Waals surface area (Å²) < 4.78 is 0. The Morgan fingerprint density at radius 1 is 1.41 bits per heavy atom. The second-order valence-electron chi connectivity index (χ2n) is 4.79. The lowest BCUT2D eigenvalue weighted by atomic mass is 9.94. The van der Waals surface area contributed by atoms with E-state index in [9.17, 15) is 5.11 Å². The molecule has 17 heavy (non-hydrogen) atoms. The minimum Gasteiger partial charge on any atom is -0.390 e. The lowest BCUT2D eigenvalue weighted by Crippen LogP contribution is -2.43. The highest BCUT2D eigenvalue weighted by Gasteiger charge is 2.28. The Kier molecular flexibility index (Phi) is 2.99. The highest BCUT2D eigenvalue weighted by Crippen LogP contribution is 2.23. The van der Waals surface area contributed by atoms with Crippen LogP contribution in [0.1, 0.15) is 31.2 Å².